The van der Waals surface area contributed by atoms with Crippen molar-refractivity contribution in [1.29, 1.82) is 0 Å². The third-order valence-corrected chi connectivity index (χ3v) is 14.2. The fourth-order valence-corrected chi connectivity index (χ4v) is 9.35. The molecule has 12 nitrogen and oxygen atoms in total. The smallest absolute Gasteiger partial charge is 0.335 e. The van der Waals surface area contributed by atoms with Crippen LogP contribution in [0.1, 0.15) is 278 Å². The highest BCUT2D eigenvalue weighted by Crippen LogP contribution is 2.26. The molecule has 1 saturated heterocycles. The number of allylic oxidation sites excluding steroid dienone is 12. The number of rotatable bonds is 54. The van der Waals surface area contributed by atoms with E-state index in [0.717, 1.165) is 109 Å². The molecule has 0 aromatic rings. The highest BCUT2D eigenvalue weighted by Gasteiger charge is 2.50. The molecule has 0 aliphatic carbocycles. The molecule has 0 amide bonds. The second kappa shape index (κ2) is 54.7. The summed E-state index contributed by atoms with van der Waals surface area (Å²) in [5, 5.41) is 31.5. The van der Waals surface area contributed by atoms with Gasteiger partial charge >= 0.3 is 23.9 Å². The molecule has 0 saturated carbocycles. The summed E-state index contributed by atoms with van der Waals surface area (Å²) in [6, 6.07) is 0. The monoisotopic (exact) mass is 1110 g/mol. The maximum Gasteiger partial charge on any atom is 0.335 e. The Kier molecular flexibility index (Phi) is 50.7. The Morgan fingerprint density at radius 1 is 0.430 bits per heavy atom. The van der Waals surface area contributed by atoms with Gasteiger partial charge in [0.25, 0.3) is 0 Å². The van der Waals surface area contributed by atoms with E-state index >= 15 is 0 Å². The molecular weight excluding hydrogens is 997 g/mol. The van der Waals surface area contributed by atoms with E-state index in [1.165, 1.54) is 109 Å². The number of aliphatic hydroxyl groups is 2. The molecule has 1 rings (SSSR count). The highest BCUT2D eigenvalue weighted by atomic mass is 16.7. The van der Waals surface area contributed by atoms with Gasteiger partial charge in [-0.2, -0.15) is 0 Å². The van der Waals surface area contributed by atoms with Crippen molar-refractivity contribution < 1.29 is 58.2 Å². The van der Waals surface area contributed by atoms with Crippen LogP contribution in [0.2, 0.25) is 0 Å². The van der Waals surface area contributed by atoms with Crippen molar-refractivity contribution in [1.82, 2.24) is 0 Å². The van der Waals surface area contributed by atoms with Crippen molar-refractivity contribution in [2.24, 2.45) is 0 Å². The lowest BCUT2D eigenvalue weighted by atomic mass is 9.98. The van der Waals surface area contributed by atoms with Crippen LogP contribution in [0, 0.1) is 0 Å². The summed E-state index contributed by atoms with van der Waals surface area (Å²) in [5.74, 6) is -3.15. The average Bonchev–Trinajstić information content (AvgIpc) is 3.46. The van der Waals surface area contributed by atoms with E-state index < -0.39 is 67.3 Å². The minimum atomic E-state index is -1.91. The van der Waals surface area contributed by atoms with Crippen LogP contribution >= 0.6 is 0 Å². The number of aliphatic hydroxyl groups excluding tert-OH is 2. The van der Waals surface area contributed by atoms with E-state index in [9.17, 15) is 34.5 Å². The van der Waals surface area contributed by atoms with Crippen molar-refractivity contribution >= 4 is 23.9 Å². The number of carbonyl (C=O) groups excluding carboxylic acids is 3. The molecule has 79 heavy (non-hydrogen) atoms. The maximum absolute atomic E-state index is 13.2. The molecule has 0 radical (unpaired) electrons. The number of esters is 3. The van der Waals surface area contributed by atoms with E-state index in [2.05, 4.69) is 93.7 Å². The molecule has 6 unspecified atom stereocenters. The van der Waals surface area contributed by atoms with Crippen LogP contribution in [0.15, 0.2) is 72.9 Å². The normalized spacial score (nSPS) is 18.3. The molecule has 0 aromatic carbocycles. The van der Waals surface area contributed by atoms with Crippen LogP contribution in [-0.2, 0) is 42.9 Å². The Hall–Kier alpha value is -3.84. The SMILES string of the molecule is CC/C=C\C/C=C\C/C=C\C/C=C\CCCCCCC(=O)OC1C(OCC(COC(=O)CCCCCCCCCCC/C=C\CCCCCCCC)OC(=O)CCCCCCC/C=C\CCCCCC)OC(C(=O)O)C(O)C1O. The predicted octanol–water partition coefficient (Wildman–Crippen LogP) is 16.9. The van der Waals surface area contributed by atoms with Gasteiger partial charge in [0.1, 0.15) is 18.8 Å². The van der Waals surface area contributed by atoms with Gasteiger partial charge in [-0.05, 0) is 109 Å². The van der Waals surface area contributed by atoms with Crippen molar-refractivity contribution in [3.05, 3.63) is 72.9 Å². The first-order valence-electron chi connectivity index (χ1n) is 31.9. The van der Waals surface area contributed by atoms with Gasteiger partial charge in [0.2, 0.25) is 0 Å². The van der Waals surface area contributed by atoms with Crippen molar-refractivity contribution in [2.45, 2.75) is 314 Å². The first-order valence-corrected chi connectivity index (χ1v) is 31.9. The minimum absolute atomic E-state index is 0.0302. The van der Waals surface area contributed by atoms with Crippen LogP contribution in [0.25, 0.3) is 0 Å². The van der Waals surface area contributed by atoms with Crippen molar-refractivity contribution in [2.75, 3.05) is 13.2 Å². The van der Waals surface area contributed by atoms with Crippen LogP contribution in [0.5, 0.6) is 0 Å². The number of hydrogen-bond acceptors (Lipinski definition) is 11. The molecule has 1 aliphatic heterocycles. The standard InChI is InChI=1S/C67H114O12/c1-4-7-10-13-16-19-22-25-27-29-30-32-33-36-38-41-44-47-50-53-59(68)75-56-58(77-60(69)54-51-48-45-42-39-35-24-21-18-15-12-9-6-3)57-76-67-65(63(72)62(71)64(79-67)66(73)74)78-61(70)55-52-49-46-43-40-37-34-31-28-26-23-20-17-14-11-8-5-2/h8,11,17,20-21,24-28,34,37,58,62-65,67,71-72H,4-7,9-10,12-16,18-19,22-23,29-33,35-36,38-57H2,1-3H3,(H,73,74)/b11-8-,20-17-,24-21-,27-25-,28-26-,37-34-. The van der Waals surface area contributed by atoms with Crippen LogP contribution in [0.4, 0.5) is 0 Å². The zero-order chi connectivity index (χ0) is 57.5. The second-order valence-electron chi connectivity index (χ2n) is 21.7. The summed E-state index contributed by atoms with van der Waals surface area (Å²) in [6.45, 7) is 5.86. The Bertz CT molecular complexity index is 1650. The van der Waals surface area contributed by atoms with Gasteiger partial charge in [0.15, 0.2) is 24.6 Å². The molecule has 1 heterocycles. The second-order valence-corrected chi connectivity index (χ2v) is 21.7. The van der Waals surface area contributed by atoms with E-state index in [4.69, 9.17) is 23.7 Å². The summed E-state index contributed by atoms with van der Waals surface area (Å²) in [6.07, 6.45) is 57.2. The van der Waals surface area contributed by atoms with Gasteiger partial charge in [-0.25, -0.2) is 4.79 Å². The largest absolute Gasteiger partial charge is 0.479 e. The molecule has 1 aliphatic rings. The summed E-state index contributed by atoms with van der Waals surface area (Å²) in [7, 11) is 0. The molecule has 12 heteroatoms. The van der Waals surface area contributed by atoms with E-state index in [-0.39, 0.29) is 25.9 Å². The number of carboxylic acids is 1. The third-order valence-electron chi connectivity index (χ3n) is 14.2. The number of carboxylic acid groups (broad SMARTS) is 1. The van der Waals surface area contributed by atoms with E-state index in [1.54, 1.807) is 0 Å². The number of hydrogen-bond donors (Lipinski definition) is 3. The van der Waals surface area contributed by atoms with Gasteiger partial charge in [0, 0.05) is 19.3 Å². The van der Waals surface area contributed by atoms with Crippen LogP contribution in [-0.4, -0.2) is 89.2 Å². The lowest BCUT2D eigenvalue weighted by Gasteiger charge is -2.40. The van der Waals surface area contributed by atoms with Gasteiger partial charge in [-0.15, -0.1) is 0 Å². The molecule has 3 N–H and O–H groups in total. The number of carbonyl (C=O) groups is 4. The topological polar surface area (TPSA) is 175 Å². The summed E-state index contributed by atoms with van der Waals surface area (Å²) in [5.41, 5.74) is 0. The third kappa shape index (κ3) is 44.5. The summed E-state index contributed by atoms with van der Waals surface area (Å²) >= 11 is 0. The lowest BCUT2D eigenvalue weighted by Crippen LogP contribution is -2.61. The predicted molar refractivity (Wildman–Crippen MR) is 322 cm³/mol. The zero-order valence-electron chi connectivity index (χ0n) is 50.1. The summed E-state index contributed by atoms with van der Waals surface area (Å²) < 4.78 is 28.5. The average molecular weight is 1110 g/mol. The molecule has 1 fully saturated rings. The number of unbranched alkanes of at least 4 members (excludes halogenated alkanes) is 28. The van der Waals surface area contributed by atoms with E-state index in [1.807, 2.05) is 0 Å². The Morgan fingerprint density at radius 2 is 0.797 bits per heavy atom. The molecular formula is C67H114O12. The van der Waals surface area contributed by atoms with Crippen molar-refractivity contribution in [3.63, 3.8) is 0 Å². The Balaban J connectivity index is 2.66. The first kappa shape index (κ1) is 73.2. The van der Waals surface area contributed by atoms with Crippen LogP contribution in [0.3, 0.4) is 0 Å². The molecule has 6 atom stereocenters. The zero-order valence-corrected chi connectivity index (χ0v) is 50.1. The molecule has 0 bridgehead atoms. The van der Waals surface area contributed by atoms with Crippen molar-refractivity contribution in [3.8, 4) is 0 Å². The maximum atomic E-state index is 13.2. The fraction of sp³-hybridized carbons (Fsp3) is 0.761. The van der Waals surface area contributed by atoms with Gasteiger partial charge in [-0.3, -0.25) is 14.4 Å². The molecule has 0 spiro atoms. The Labute approximate surface area is 480 Å². The number of aliphatic carboxylic acids is 1. The Morgan fingerprint density at radius 3 is 1.24 bits per heavy atom. The van der Waals surface area contributed by atoms with Crippen LogP contribution < -0.4 is 0 Å². The van der Waals surface area contributed by atoms with Gasteiger partial charge in [0.05, 0.1) is 6.61 Å². The molecule has 0 aromatic heterocycles. The number of ether oxygens (including phenoxy) is 5. The fourth-order valence-electron chi connectivity index (χ4n) is 9.35. The lowest BCUT2D eigenvalue weighted by molar-refractivity contribution is -0.301. The summed E-state index contributed by atoms with van der Waals surface area (Å²) in [4.78, 5) is 51.2. The minimum Gasteiger partial charge on any atom is -0.479 e. The van der Waals surface area contributed by atoms with Gasteiger partial charge in [-0.1, -0.05) is 222 Å². The quantitative estimate of drug-likeness (QED) is 0.0228. The van der Waals surface area contributed by atoms with E-state index in [0.29, 0.717) is 19.3 Å². The van der Waals surface area contributed by atoms with Gasteiger partial charge < -0.3 is 39.0 Å². The highest BCUT2D eigenvalue weighted by molar-refractivity contribution is 5.74. The first-order chi connectivity index (χ1) is 38.6. The molecule has 454 valence electrons.